The van der Waals surface area contributed by atoms with E-state index in [0.717, 1.165) is 26.2 Å². The molecule has 1 rings (SSSR count). The van der Waals surface area contributed by atoms with Gasteiger partial charge in [-0.3, -0.25) is 4.90 Å². The molecule has 2 N–H and O–H groups in total. The van der Waals surface area contributed by atoms with E-state index in [1.807, 2.05) is 0 Å². The summed E-state index contributed by atoms with van der Waals surface area (Å²) in [4.78, 5) is 4.88. The molecule has 0 saturated carbocycles. The number of methoxy groups -OCH3 is 1. The highest BCUT2D eigenvalue weighted by Gasteiger charge is 2.22. The lowest BCUT2D eigenvalue weighted by atomic mass is 10.0. The zero-order chi connectivity index (χ0) is 11.1. The van der Waals surface area contributed by atoms with Gasteiger partial charge >= 0.3 is 0 Å². The second-order valence-electron chi connectivity index (χ2n) is 4.35. The lowest BCUT2D eigenvalue weighted by Crippen LogP contribution is -2.46. The molecule has 4 heteroatoms. The van der Waals surface area contributed by atoms with Crippen LogP contribution < -0.4 is 5.73 Å². The third-order valence-corrected chi connectivity index (χ3v) is 3.20. The maximum atomic E-state index is 5.64. The van der Waals surface area contributed by atoms with E-state index in [0.29, 0.717) is 6.04 Å². The molecule has 0 amide bonds. The molecule has 15 heavy (non-hydrogen) atoms. The van der Waals surface area contributed by atoms with E-state index >= 15 is 0 Å². The molecule has 1 heterocycles. The summed E-state index contributed by atoms with van der Waals surface area (Å²) in [5, 5.41) is 0. The molecule has 0 aliphatic carbocycles. The van der Waals surface area contributed by atoms with Crippen molar-refractivity contribution in [2.45, 2.75) is 18.9 Å². The Balaban J connectivity index is 2.33. The number of hydrogen-bond acceptors (Lipinski definition) is 4. The number of likely N-dealkylation sites (tertiary alicyclic amines) is 1. The molecular weight excluding hydrogens is 190 g/mol. The minimum atomic E-state index is 0.708. The fourth-order valence-electron chi connectivity index (χ4n) is 2.21. The monoisotopic (exact) mass is 215 g/mol. The average molecular weight is 215 g/mol. The molecule has 1 aliphatic heterocycles. The fourth-order valence-corrected chi connectivity index (χ4v) is 2.21. The van der Waals surface area contributed by atoms with Crippen LogP contribution in [0.3, 0.4) is 0 Å². The SMILES string of the molecule is COCCN(CCN)C1CCN(C)CC1. The van der Waals surface area contributed by atoms with Crippen LogP contribution >= 0.6 is 0 Å². The first-order chi connectivity index (χ1) is 7.27. The number of rotatable bonds is 6. The van der Waals surface area contributed by atoms with Crippen LogP contribution in [-0.4, -0.2) is 69.3 Å². The number of ether oxygens (including phenoxy) is 1. The maximum absolute atomic E-state index is 5.64. The quantitative estimate of drug-likeness (QED) is 0.676. The highest BCUT2D eigenvalue weighted by atomic mass is 16.5. The van der Waals surface area contributed by atoms with Crippen LogP contribution in [-0.2, 0) is 4.74 Å². The molecule has 0 bridgehead atoms. The van der Waals surface area contributed by atoms with Gasteiger partial charge in [-0.1, -0.05) is 0 Å². The van der Waals surface area contributed by atoms with Gasteiger partial charge in [0.2, 0.25) is 0 Å². The van der Waals surface area contributed by atoms with Gasteiger partial charge < -0.3 is 15.4 Å². The molecule has 4 nitrogen and oxygen atoms in total. The molecular formula is C11H25N3O. The van der Waals surface area contributed by atoms with Crippen molar-refractivity contribution in [3.63, 3.8) is 0 Å². The normalized spacial score (nSPS) is 20.0. The molecule has 1 saturated heterocycles. The number of nitrogens with zero attached hydrogens (tertiary/aromatic N) is 2. The lowest BCUT2D eigenvalue weighted by molar-refractivity contribution is 0.0879. The molecule has 1 aliphatic rings. The summed E-state index contributed by atoms with van der Waals surface area (Å²) < 4.78 is 5.14. The fraction of sp³-hybridized carbons (Fsp3) is 1.00. The Morgan fingerprint density at radius 3 is 2.53 bits per heavy atom. The van der Waals surface area contributed by atoms with Crippen molar-refractivity contribution in [2.24, 2.45) is 5.73 Å². The average Bonchev–Trinajstić information content (AvgIpc) is 2.25. The molecule has 0 spiro atoms. The molecule has 0 aromatic heterocycles. The third kappa shape index (κ3) is 4.47. The van der Waals surface area contributed by atoms with Crippen molar-refractivity contribution in [1.29, 1.82) is 0 Å². The summed E-state index contributed by atoms with van der Waals surface area (Å²) in [5.41, 5.74) is 5.64. The van der Waals surface area contributed by atoms with E-state index in [-0.39, 0.29) is 0 Å². The van der Waals surface area contributed by atoms with E-state index < -0.39 is 0 Å². The molecule has 1 fully saturated rings. The Kier molecular flexibility index (Phi) is 6.17. The Hall–Kier alpha value is -0.160. The molecule has 0 aromatic rings. The number of hydrogen-bond donors (Lipinski definition) is 1. The summed E-state index contributed by atoms with van der Waals surface area (Å²) in [6.45, 7) is 5.99. The zero-order valence-corrected chi connectivity index (χ0v) is 10.1. The summed E-state index contributed by atoms with van der Waals surface area (Å²) in [7, 11) is 3.95. The first kappa shape index (κ1) is 12.9. The Bertz CT molecular complexity index is 158. The highest BCUT2D eigenvalue weighted by Crippen LogP contribution is 2.14. The first-order valence-corrected chi connectivity index (χ1v) is 5.89. The predicted molar refractivity (Wildman–Crippen MR) is 63.0 cm³/mol. The van der Waals surface area contributed by atoms with Crippen LogP contribution in [0.25, 0.3) is 0 Å². The van der Waals surface area contributed by atoms with Crippen LogP contribution in [0.4, 0.5) is 0 Å². The number of piperidine rings is 1. The summed E-state index contributed by atoms with van der Waals surface area (Å²) in [6.07, 6.45) is 2.53. The van der Waals surface area contributed by atoms with Gasteiger partial charge in [-0.25, -0.2) is 0 Å². The van der Waals surface area contributed by atoms with E-state index in [1.54, 1.807) is 7.11 Å². The van der Waals surface area contributed by atoms with Crippen LogP contribution in [0.1, 0.15) is 12.8 Å². The Morgan fingerprint density at radius 1 is 1.33 bits per heavy atom. The van der Waals surface area contributed by atoms with E-state index in [1.165, 1.54) is 25.9 Å². The van der Waals surface area contributed by atoms with Crippen LogP contribution in [0.2, 0.25) is 0 Å². The van der Waals surface area contributed by atoms with Crippen LogP contribution in [0.15, 0.2) is 0 Å². The molecule has 0 radical (unpaired) electrons. The van der Waals surface area contributed by atoms with E-state index in [9.17, 15) is 0 Å². The summed E-state index contributed by atoms with van der Waals surface area (Å²) in [6, 6.07) is 0.708. The lowest BCUT2D eigenvalue weighted by Gasteiger charge is -2.37. The minimum Gasteiger partial charge on any atom is -0.383 e. The van der Waals surface area contributed by atoms with Gasteiger partial charge in [0.25, 0.3) is 0 Å². The van der Waals surface area contributed by atoms with Gasteiger partial charge in [-0.2, -0.15) is 0 Å². The van der Waals surface area contributed by atoms with E-state index in [4.69, 9.17) is 10.5 Å². The maximum Gasteiger partial charge on any atom is 0.0589 e. The van der Waals surface area contributed by atoms with E-state index in [2.05, 4.69) is 16.8 Å². The highest BCUT2D eigenvalue weighted by molar-refractivity contribution is 4.78. The second-order valence-corrected chi connectivity index (χ2v) is 4.35. The molecule has 90 valence electrons. The largest absolute Gasteiger partial charge is 0.383 e. The van der Waals surface area contributed by atoms with Gasteiger partial charge in [0.15, 0.2) is 0 Å². The van der Waals surface area contributed by atoms with Crippen LogP contribution in [0, 0.1) is 0 Å². The van der Waals surface area contributed by atoms with Crippen molar-refractivity contribution in [2.75, 3.05) is 53.5 Å². The van der Waals surface area contributed by atoms with Gasteiger partial charge in [-0.15, -0.1) is 0 Å². The van der Waals surface area contributed by atoms with Crippen molar-refractivity contribution < 1.29 is 4.74 Å². The van der Waals surface area contributed by atoms with Crippen molar-refractivity contribution >= 4 is 0 Å². The molecule has 0 unspecified atom stereocenters. The zero-order valence-electron chi connectivity index (χ0n) is 10.1. The first-order valence-electron chi connectivity index (χ1n) is 5.89. The summed E-state index contributed by atoms with van der Waals surface area (Å²) >= 11 is 0. The number of nitrogens with two attached hydrogens (primary N) is 1. The van der Waals surface area contributed by atoms with Crippen molar-refractivity contribution in [3.8, 4) is 0 Å². The predicted octanol–water partition coefficient (Wildman–Crippen LogP) is -0.0123. The third-order valence-electron chi connectivity index (χ3n) is 3.20. The topological polar surface area (TPSA) is 41.7 Å². The summed E-state index contributed by atoms with van der Waals surface area (Å²) in [5.74, 6) is 0. The standard InChI is InChI=1S/C11H25N3O/c1-13-6-3-11(4-7-13)14(8-5-12)9-10-15-2/h11H,3-10,12H2,1-2H3. The minimum absolute atomic E-state index is 0.708. The van der Waals surface area contributed by atoms with Crippen LogP contribution in [0.5, 0.6) is 0 Å². The smallest absolute Gasteiger partial charge is 0.0589 e. The van der Waals surface area contributed by atoms with Crippen molar-refractivity contribution in [1.82, 2.24) is 9.80 Å². The Morgan fingerprint density at radius 2 is 2.00 bits per heavy atom. The second kappa shape index (κ2) is 7.17. The Labute approximate surface area is 93.4 Å². The molecule has 0 aromatic carbocycles. The van der Waals surface area contributed by atoms with Gasteiger partial charge in [-0.05, 0) is 33.0 Å². The molecule has 0 atom stereocenters. The van der Waals surface area contributed by atoms with Gasteiger partial charge in [0, 0.05) is 32.8 Å². The van der Waals surface area contributed by atoms with Gasteiger partial charge in [0.1, 0.15) is 0 Å². The van der Waals surface area contributed by atoms with Gasteiger partial charge in [0.05, 0.1) is 6.61 Å². The van der Waals surface area contributed by atoms with Crippen molar-refractivity contribution in [3.05, 3.63) is 0 Å².